The quantitative estimate of drug-likeness (QED) is 0.739. The third-order valence-electron chi connectivity index (χ3n) is 5.27. The Morgan fingerprint density at radius 1 is 0.897 bits per heavy atom. The number of primary sulfonamides is 1. The van der Waals surface area contributed by atoms with Crippen molar-refractivity contribution in [3.63, 3.8) is 0 Å². The van der Waals surface area contributed by atoms with Gasteiger partial charge in [0.25, 0.3) is 0 Å². The molecule has 29 heavy (non-hydrogen) atoms. The van der Waals surface area contributed by atoms with Crippen molar-refractivity contribution in [2.24, 2.45) is 5.14 Å². The van der Waals surface area contributed by atoms with Crippen molar-refractivity contribution in [1.82, 2.24) is 4.31 Å². The van der Waals surface area contributed by atoms with Gasteiger partial charge in [-0.05, 0) is 54.8 Å². The molecule has 0 atom stereocenters. The van der Waals surface area contributed by atoms with E-state index < -0.39 is 20.0 Å². The number of sulfonamides is 2. The zero-order chi connectivity index (χ0) is 20.6. The molecule has 2 aromatic carbocycles. The second kappa shape index (κ2) is 7.60. The maximum atomic E-state index is 13.4. The van der Waals surface area contributed by atoms with Crippen molar-refractivity contribution in [3.05, 3.63) is 48.0 Å². The third-order valence-corrected chi connectivity index (χ3v) is 8.11. The first kappa shape index (κ1) is 20.1. The lowest BCUT2D eigenvalue weighted by atomic mass is 10.1. The summed E-state index contributed by atoms with van der Waals surface area (Å²) in [7, 11) is -7.72. The van der Waals surface area contributed by atoms with Gasteiger partial charge in [0.2, 0.25) is 26.8 Å². The molecule has 0 unspecified atom stereocenters. The van der Waals surface area contributed by atoms with Gasteiger partial charge in [-0.25, -0.2) is 22.0 Å². The Balaban J connectivity index is 1.67. The van der Waals surface area contributed by atoms with Gasteiger partial charge in [0, 0.05) is 12.6 Å². The number of nitrogens with zero attached hydrogens (tertiary/aromatic N) is 1. The van der Waals surface area contributed by atoms with Crippen molar-refractivity contribution >= 4 is 20.0 Å². The van der Waals surface area contributed by atoms with Gasteiger partial charge in [0.05, 0.1) is 9.79 Å². The summed E-state index contributed by atoms with van der Waals surface area (Å²) in [5.41, 5.74) is 0.797. The zero-order valence-electron chi connectivity index (χ0n) is 15.7. The maximum Gasteiger partial charge on any atom is 0.243 e. The highest BCUT2D eigenvalue weighted by atomic mass is 32.2. The standard InChI is InChI=1S/C19H22N2O6S2/c20-28(22,23)16-6-8-17(9-7-16)29(24,25)21(15-3-1-2-4-15)12-14-5-10-18-19(11-14)27-13-26-18/h5-11,15H,1-4,12-13H2,(H2,20,22,23). The molecule has 8 nitrogen and oxygen atoms in total. The molecule has 2 aliphatic rings. The summed E-state index contributed by atoms with van der Waals surface area (Å²) < 4.78 is 62.0. The van der Waals surface area contributed by atoms with Crippen LogP contribution in [-0.2, 0) is 26.6 Å². The van der Waals surface area contributed by atoms with E-state index in [1.165, 1.54) is 28.6 Å². The topological polar surface area (TPSA) is 116 Å². The first-order valence-electron chi connectivity index (χ1n) is 9.28. The van der Waals surface area contributed by atoms with E-state index in [-0.39, 0.29) is 29.2 Å². The molecule has 1 fully saturated rings. The highest BCUT2D eigenvalue weighted by molar-refractivity contribution is 7.89. The lowest BCUT2D eigenvalue weighted by Crippen LogP contribution is -2.38. The molecule has 0 spiro atoms. The summed E-state index contributed by atoms with van der Waals surface area (Å²) in [6.45, 7) is 0.348. The molecule has 0 amide bonds. The summed E-state index contributed by atoms with van der Waals surface area (Å²) >= 11 is 0. The van der Waals surface area contributed by atoms with Crippen LogP contribution in [0.4, 0.5) is 0 Å². The molecule has 156 valence electrons. The highest BCUT2D eigenvalue weighted by Crippen LogP contribution is 2.35. The molecule has 1 heterocycles. The van der Waals surface area contributed by atoms with Crippen molar-refractivity contribution in [2.75, 3.05) is 6.79 Å². The number of ether oxygens (including phenoxy) is 2. The largest absolute Gasteiger partial charge is 0.454 e. The minimum absolute atomic E-state index is 0.0394. The second-order valence-electron chi connectivity index (χ2n) is 7.19. The van der Waals surface area contributed by atoms with Gasteiger partial charge < -0.3 is 9.47 Å². The Hall–Kier alpha value is -2.14. The lowest BCUT2D eigenvalue weighted by molar-refractivity contribution is 0.174. The smallest absolute Gasteiger partial charge is 0.243 e. The van der Waals surface area contributed by atoms with Crippen LogP contribution in [0.5, 0.6) is 11.5 Å². The van der Waals surface area contributed by atoms with E-state index in [1.807, 2.05) is 6.07 Å². The van der Waals surface area contributed by atoms with Crippen LogP contribution in [0.25, 0.3) is 0 Å². The van der Waals surface area contributed by atoms with Gasteiger partial charge >= 0.3 is 0 Å². The molecular weight excluding hydrogens is 416 g/mol. The SMILES string of the molecule is NS(=O)(=O)c1ccc(S(=O)(=O)N(Cc2ccc3c(c2)OCO3)C2CCCC2)cc1. The van der Waals surface area contributed by atoms with E-state index >= 15 is 0 Å². The summed E-state index contributed by atoms with van der Waals surface area (Å²) in [5.74, 6) is 1.24. The molecule has 0 saturated heterocycles. The van der Waals surface area contributed by atoms with Crippen molar-refractivity contribution in [3.8, 4) is 11.5 Å². The van der Waals surface area contributed by atoms with Gasteiger partial charge in [-0.15, -0.1) is 0 Å². The van der Waals surface area contributed by atoms with Crippen LogP contribution >= 0.6 is 0 Å². The van der Waals surface area contributed by atoms with Crippen molar-refractivity contribution < 1.29 is 26.3 Å². The Kier molecular flexibility index (Phi) is 5.28. The van der Waals surface area contributed by atoms with Crippen LogP contribution in [0, 0.1) is 0 Å². The van der Waals surface area contributed by atoms with Crippen LogP contribution in [0.1, 0.15) is 31.2 Å². The number of hydrogen-bond acceptors (Lipinski definition) is 6. The molecule has 10 heteroatoms. The number of hydrogen-bond donors (Lipinski definition) is 1. The number of nitrogens with two attached hydrogens (primary N) is 1. The Morgan fingerprint density at radius 2 is 1.52 bits per heavy atom. The maximum absolute atomic E-state index is 13.4. The van der Waals surface area contributed by atoms with E-state index in [0.717, 1.165) is 31.2 Å². The molecular formula is C19H22N2O6S2. The summed E-state index contributed by atoms with van der Waals surface area (Å²) in [6.07, 6.45) is 3.53. The van der Waals surface area contributed by atoms with Gasteiger partial charge in [0.15, 0.2) is 11.5 Å². The van der Waals surface area contributed by atoms with Gasteiger partial charge in [0.1, 0.15) is 0 Å². The molecule has 2 N–H and O–H groups in total. The second-order valence-corrected chi connectivity index (χ2v) is 10.6. The molecule has 0 bridgehead atoms. The van der Waals surface area contributed by atoms with Gasteiger partial charge in [-0.3, -0.25) is 0 Å². The van der Waals surface area contributed by atoms with E-state index in [0.29, 0.717) is 11.5 Å². The van der Waals surface area contributed by atoms with E-state index in [1.54, 1.807) is 12.1 Å². The molecule has 1 saturated carbocycles. The van der Waals surface area contributed by atoms with Crippen LogP contribution < -0.4 is 14.6 Å². The molecule has 4 rings (SSSR count). The normalized spacial score (nSPS) is 17.2. The van der Waals surface area contributed by atoms with Crippen LogP contribution in [0.2, 0.25) is 0 Å². The molecule has 1 aliphatic carbocycles. The average Bonchev–Trinajstić information content (AvgIpc) is 3.36. The average molecular weight is 439 g/mol. The van der Waals surface area contributed by atoms with Crippen molar-refractivity contribution in [2.45, 2.75) is 48.1 Å². The minimum atomic E-state index is -3.89. The first-order chi connectivity index (χ1) is 13.7. The zero-order valence-corrected chi connectivity index (χ0v) is 17.3. The van der Waals surface area contributed by atoms with Gasteiger partial charge in [-0.1, -0.05) is 18.9 Å². The van der Waals surface area contributed by atoms with Crippen LogP contribution in [-0.4, -0.2) is 34.0 Å². The summed E-state index contributed by atoms with van der Waals surface area (Å²) in [4.78, 5) is -0.0859. The lowest BCUT2D eigenvalue weighted by Gasteiger charge is -2.28. The van der Waals surface area contributed by atoms with Crippen LogP contribution in [0.3, 0.4) is 0 Å². The fourth-order valence-electron chi connectivity index (χ4n) is 3.76. The molecule has 1 aliphatic heterocycles. The predicted molar refractivity (Wildman–Crippen MR) is 105 cm³/mol. The van der Waals surface area contributed by atoms with Crippen LogP contribution in [0.15, 0.2) is 52.3 Å². The minimum Gasteiger partial charge on any atom is -0.454 e. The van der Waals surface area contributed by atoms with E-state index in [9.17, 15) is 16.8 Å². The van der Waals surface area contributed by atoms with Crippen molar-refractivity contribution in [1.29, 1.82) is 0 Å². The number of benzene rings is 2. The predicted octanol–water partition coefficient (Wildman–Crippen LogP) is 2.20. The summed E-state index contributed by atoms with van der Waals surface area (Å²) in [5, 5.41) is 5.11. The number of fused-ring (bicyclic) bond motifs is 1. The molecule has 2 aromatic rings. The fourth-order valence-corrected chi connectivity index (χ4v) is 5.95. The Morgan fingerprint density at radius 3 is 2.17 bits per heavy atom. The van der Waals surface area contributed by atoms with E-state index in [4.69, 9.17) is 14.6 Å². The van der Waals surface area contributed by atoms with Gasteiger partial charge in [-0.2, -0.15) is 4.31 Å². The Bertz CT molecular complexity index is 1110. The highest BCUT2D eigenvalue weighted by Gasteiger charge is 2.33. The third kappa shape index (κ3) is 4.11. The molecule has 0 radical (unpaired) electrons. The monoisotopic (exact) mass is 438 g/mol. The summed E-state index contributed by atoms with van der Waals surface area (Å²) in [6, 6.07) is 10.3. The Labute approximate surface area is 170 Å². The molecule has 0 aromatic heterocycles. The fraction of sp³-hybridized carbons (Fsp3) is 0.368. The first-order valence-corrected chi connectivity index (χ1v) is 12.3. The number of rotatable bonds is 6. The van der Waals surface area contributed by atoms with E-state index in [2.05, 4.69) is 0 Å².